The van der Waals surface area contributed by atoms with Crippen LogP contribution in [0.3, 0.4) is 0 Å². The van der Waals surface area contributed by atoms with E-state index in [9.17, 15) is 4.79 Å². The fraction of sp³-hybridized carbons (Fsp3) is 0.522. The standard InChI is InChI=1S/C23H33N5O/c1-5-21-16-27(13-14-28(21)17(2)3)23(29)19-9-10-22(25-15-19)24-12-11-20-8-6-7-18(4)26-20/h6-10,15,17,21H,5,11-14,16H2,1-4H3,(H,24,25). The molecule has 6 nitrogen and oxygen atoms in total. The highest BCUT2D eigenvalue weighted by atomic mass is 16.2. The van der Waals surface area contributed by atoms with E-state index in [1.54, 1.807) is 6.20 Å². The topological polar surface area (TPSA) is 61.4 Å². The number of carbonyl (C=O) groups is 1. The zero-order valence-corrected chi connectivity index (χ0v) is 18.1. The van der Waals surface area contributed by atoms with Crippen LogP contribution in [0.1, 0.15) is 48.9 Å². The summed E-state index contributed by atoms with van der Waals surface area (Å²) in [6, 6.07) is 10.8. The molecule has 1 saturated heterocycles. The normalized spacial score (nSPS) is 17.6. The van der Waals surface area contributed by atoms with E-state index < -0.39 is 0 Å². The van der Waals surface area contributed by atoms with Gasteiger partial charge in [0.2, 0.25) is 0 Å². The summed E-state index contributed by atoms with van der Waals surface area (Å²) in [7, 11) is 0. The van der Waals surface area contributed by atoms with Crippen molar-refractivity contribution in [2.45, 2.75) is 52.6 Å². The molecule has 3 heterocycles. The molecule has 0 saturated carbocycles. The summed E-state index contributed by atoms with van der Waals surface area (Å²) in [6.45, 7) is 11.9. The Morgan fingerprint density at radius 3 is 2.72 bits per heavy atom. The monoisotopic (exact) mass is 395 g/mol. The molecular weight excluding hydrogens is 362 g/mol. The minimum atomic E-state index is 0.0786. The molecular formula is C23H33N5O. The number of piperazine rings is 1. The predicted molar refractivity (Wildman–Crippen MR) is 117 cm³/mol. The SMILES string of the molecule is CCC1CN(C(=O)c2ccc(NCCc3cccc(C)n3)nc2)CCN1C(C)C. The van der Waals surface area contributed by atoms with Crippen LogP contribution in [0.25, 0.3) is 0 Å². The second-order valence-electron chi connectivity index (χ2n) is 8.02. The van der Waals surface area contributed by atoms with E-state index in [0.29, 0.717) is 17.6 Å². The zero-order valence-electron chi connectivity index (χ0n) is 18.1. The van der Waals surface area contributed by atoms with Crippen LogP contribution in [0.2, 0.25) is 0 Å². The molecule has 0 radical (unpaired) electrons. The van der Waals surface area contributed by atoms with Crippen LogP contribution in [0, 0.1) is 6.92 Å². The molecule has 1 aliphatic heterocycles. The van der Waals surface area contributed by atoms with Gasteiger partial charge in [0.05, 0.1) is 5.56 Å². The Bertz CT molecular complexity index is 805. The molecule has 29 heavy (non-hydrogen) atoms. The van der Waals surface area contributed by atoms with Crippen molar-refractivity contribution in [3.8, 4) is 0 Å². The van der Waals surface area contributed by atoms with E-state index in [4.69, 9.17) is 0 Å². The number of pyridine rings is 2. The summed E-state index contributed by atoms with van der Waals surface area (Å²) in [5, 5.41) is 3.31. The van der Waals surface area contributed by atoms with Crippen molar-refractivity contribution < 1.29 is 4.79 Å². The van der Waals surface area contributed by atoms with Gasteiger partial charge in [0, 0.05) is 62.3 Å². The highest BCUT2D eigenvalue weighted by molar-refractivity contribution is 5.94. The molecule has 1 fully saturated rings. The molecule has 0 spiro atoms. The first-order valence-electron chi connectivity index (χ1n) is 10.7. The van der Waals surface area contributed by atoms with Gasteiger partial charge in [-0.05, 0) is 51.5 Å². The number of aromatic nitrogens is 2. The molecule has 0 aromatic carbocycles. The molecule has 1 N–H and O–H groups in total. The molecule has 3 rings (SSSR count). The number of amides is 1. The third-order valence-corrected chi connectivity index (χ3v) is 5.59. The average Bonchev–Trinajstić information content (AvgIpc) is 2.73. The molecule has 1 atom stereocenters. The van der Waals surface area contributed by atoms with E-state index in [1.165, 1.54) is 0 Å². The Labute approximate surface area is 174 Å². The largest absolute Gasteiger partial charge is 0.370 e. The lowest BCUT2D eigenvalue weighted by Gasteiger charge is -2.43. The predicted octanol–water partition coefficient (Wildman–Crippen LogP) is 3.38. The summed E-state index contributed by atoms with van der Waals surface area (Å²) in [4.78, 5) is 26.3. The number of carbonyl (C=O) groups excluding carboxylic acids is 1. The number of anilines is 1. The lowest BCUT2D eigenvalue weighted by Crippen LogP contribution is -2.56. The molecule has 1 amide bonds. The Morgan fingerprint density at radius 2 is 2.07 bits per heavy atom. The number of hydrogen-bond acceptors (Lipinski definition) is 5. The van der Waals surface area contributed by atoms with Gasteiger partial charge < -0.3 is 10.2 Å². The van der Waals surface area contributed by atoms with Crippen LogP contribution in [0.4, 0.5) is 5.82 Å². The Kier molecular flexibility index (Phi) is 7.20. The zero-order chi connectivity index (χ0) is 20.8. The van der Waals surface area contributed by atoms with E-state index >= 15 is 0 Å². The summed E-state index contributed by atoms with van der Waals surface area (Å²) in [5.74, 6) is 0.861. The third kappa shape index (κ3) is 5.54. The minimum Gasteiger partial charge on any atom is -0.370 e. The van der Waals surface area contributed by atoms with Crippen LogP contribution < -0.4 is 5.32 Å². The molecule has 156 valence electrons. The summed E-state index contributed by atoms with van der Waals surface area (Å²) >= 11 is 0. The van der Waals surface area contributed by atoms with Gasteiger partial charge in [0.15, 0.2) is 0 Å². The maximum atomic E-state index is 12.9. The summed E-state index contributed by atoms with van der Waals surface area (Å²) in [5.41, 5.74) is 2.75. The van der Waals surface area contributed by atoms with Gasteiger partial charge in [-0.15, -0.1) is 0 Å². The Balaban J connectivity index is 1.53. The van der Waals surface area contributed by atoms with Crippen molar-refractivity contribution in [3.05, 3.63) is 53.5 Å². The molecule has 2 aromatic heterocycles. The molecule has 0 aliphatic carbocycles. The van der Waals surface area contributed by atoms with Crippen LogP contribution in [0.5, 0.6) is 0 Å². The Hall–Kier alpha value is -2.47. The van der Waals surface area contributed by atoms with Crippen molar-refractivity contribution in [1.82, 2.24) is 19.8 Å². The van der Waals surface area contributed by atoms with Gasteiger partial charge in [-0.2, -0.15) is 0 Å². The lowest BCUT2D eigenvalue weighted by molar-refractivity contribution is 0.0371. The van der Waals surface area contributed by atoms with E-state index in [2.05, 4.69) is 41.0 Å². The lowest BCUT2D eigenvalue weighted by atomic mass is 10.1. The third-order valence-electron chi connectivity index (χ3n) is 5.59. The fourth-order valence-corrected chi connectivity index (χ4v) is 3.96. The first-order valence-corrected chi connectivity index (χ1v) is 10.7. The molecule has 1 unspecified atom stereocenters. The van der Waals surface area contributed by atoms with Crippen molar-refractivity contribution in [2.75, 3.05) is 31.5 Å². The number of nitrogens with zero attached hydrogens (tertiary/aromatic N) is 4. The van der Waals surface area contributed by atoms with Crippen molar-refractivity contribution in [2.24, 2.45) is 0 Å². The second kappa shape index (κ2) is 9.83. The van der Waals surface area contributed by atoms with Gasteiger partial charge in [-0.25, -0.2) is 4.98 Å². The Morgan fingerprint density at radius 1 is 1.24 bits per heavy atom. The molecule has 6 heteroatoms. The van der Waals surface area contributed by atoms with Crippen molar-refractivity contribution >= 4 is 11.7 Å². The number of nitrogens with one attached hydrogen (secondary N) is 1. The summed E-state index contributed by atoms with van der Waals surface area (Å²) in [6.07, 6.45) is 3.58. The molecule has 1 aliphatic rings. The quantitative estimate of drug-likeness (QED) is 0.779. The average molecular weight is 396 g/mol. The molecule has 2 aromatic rings. The second-order valence-corrected chi connectivity index (χ2v) is 8.02. The van der Waals surface area contributed by atoms with Gasteiger partial charge >= 0.3 is 0 Å². The van der Waals surface area contributed by atoms with E-state index in [-0.39, 0.29) is 5.91 Å². The highest BCUT2D eigenvalue weighted by Crippen LogP contribution is 2.18. The van der Waals surface area contributed by atoms with Gasteiger partial charge in [-0.3, -0.25) is 14.7 Å². The van der Waals surface area contributed by atoms with Crippen molar-refractivity contribution in [3.63, 3.8) is 0 Å². The maximum Gasteiger partial charge on any atom is 0.255 e. The minimum absolute atomic E-state index is 0.0786. The van der Waals surface area contributed by atoms with Crippen LogP contribution in [-0.2, 0) is 6.42 Å². The highest BCUT2D eigenvalue weighted by Gasteiger charge is 2.30. The first-order chi connectivity index (χ1) is 14.0. The van der Waals surface area contributed by atoms with Crippen LogP contribution in [-0.4, -0.2) is 63.9 Å². The molecule has 0 bridgehead atoms. The van der Waals surface area contributed by atoms with Gasteiger partial charge in [0.25, 0.3) is 5.91 Å². The number of aryl methyl sites for hydroxylation is 1. The number of hydrogen-bond donors (Lipinski definition) is 1. The van der Waals surface area contributed by atoms with E-state index in [1.807, 2.05) is 42.2 Å². The van der Waals surface area contributed by atoms with Gasteiger partial charge in [-0.1, -0.05) is 13.0 Å². The number of rotatable bonds is 7. The van der Waals surface area contributed by atoms with Gasteiger partial charge in [0.1, 0.15) is 5.82 Å². The fourth-order valence-electron chi connectivity index (χ4n) is 3.96. The maximum absolute atomic E-state index is 12.9. The van der Waals surface area contributed by atoms with E-state index in [0.717, 1.165) is 56.2 Å². The first kappa shape index (κ1) is 21.2. The summed E-state index contributed by atoms with van der Waals surface area (Å²) < 4.78 is 0. The van der Waals surface area contributed by atoms with Crippen LogP contribution >= 0.6 is 0 Å². The van der Waals surface area contributed by atoms with Crippen LogP contribution in [0.15, 0.2) is 36.5 Å². The smallest absolute Gasteiger partial charge is 0.255 e. The van der Waals surface area contributed by atoms with Crippen molar-refractivity contribution in [1.29, 1.82) is 0 Å².